The van der Waals surface area contributed by atoms with Crippen LogP contribution in [0, 0.1) is 6.92 Å². The monoisotopic (exact) mass is 292 g/mol. The van der Waals surface area contributed by atoms with Crippen molar-refractivity contribution in [2.24, 2.45) is 0 Å². The van der Waals surface area contributed by atoms with E-state index in [1.54, 1.807) is 6.20 Å². The molecule has 1 aromatic carbocycles. The predicted octanol–water partition coefficient (Wildman–Crippen LogP) is 3.31. The molecule has 1 heterocycles. The fraction of sp³-hybridized carbons (Fsp3) is 0.154. The number of hydrogen-bond acceptors (Lipinski definition) is 3. The van der Waals surface area contributed by atoms with Gasteiger partial charge in [0.2, 0.25) is 0 Å². The van der Waals surface area contributed by atoms with E-state index in [1.165, 1.54) is 0 Å². The number of ether oxygens (including phenoxy) is 1. The van der Waals surface area contributed by atoms with Gasteiger partial charge in [0.25, 0.3) is 0 Å². The smallest absolute Gasteiger partial charge is 0.130 e. The summed E-state index contributed by atoms with van der Waals surface area (Å²) in [6, 6.07) is 9.51. The summed E-state index contributed by atoms with van der Waals surface area (Å²) < 4.78 is 6.65. The highest BCUT2D eigenvalue weighted by Crippen LogP contribution is 2.23. The third-order valence-electron chi connectivity index (χ3n) is 2.49. The molecule has 0 atom stereocenters. The molecule has 3 nitrogen and oxygen atoms in total. The Morgan fingerprint density at radius 1 is 1.29 bits per heavy atom. The highest BCUT2D eigenvalue weighted by molar-refractivity contribution is 9.10. The highest BCUT2D eigenvalue weighted by atomic mass is 79.9. The standard InChI is InChI=1S/C13H13BrN2O/c1-9-12(15)3-2-4-13(9)17-8-11-6-5-10(14)7-16-11/h2-7H,8,15H2,1H3. The quantitative estimate of drug-likeness (QED) is 0.883. The third kappa shape index (κ3) is 2.97. The molecule has 17 heavy (non-hydrogen) atoms. The van der Waals surface area contributed by atoms with E-state index in [4.69, 9.17) is 10.5 Å². The molecule has 0 bridgehead atoms. The molecule has 0 radical (unpaired) electrons. The van der Waals surface area contributed by atoms with Gasteiger partial charge in [0.05, 0.1) is 5.69 Å². The minimum atomic E-state index is 0.442. The Morgan fingerprint density at radius 2 is 2.12 bits per heavy atom. The second kappa shape index (κ2) is 5.19. The number of aromatic nitrogens is 1. The SMILES string of the molecule is Cc1c(N)cccc1OCc1ccc(Br)cn1. The van der Waals surface area contributed by atoms with Crippen molar-refractivity contribution in [2.45, 2.75) is 13.5 Å². The number of hydrogen-bond donors (Lipinski definition) is 1. The van der Waals surface area contributed by atoms with Crippen molar-refractivity contribution in [1.82, 2.24) is 4.98 Å². The Kier molecular flexibility index (Phi) is 3.64. The zero-order chi connectivity index (χ0) is 12.3. The summed E-state index contributed by atoms with van der Waals surface area (Å²) >= 11 is 3.34. The van der Waals surface area contributed by atoms with Crippen molar-refractivity contribution in [3.05, 3.63) is 52.3 Å². The highest BCUT2D eigenvalue weighted by Gasteiger charge is 2.03. The molecule has 0 unspecified atom stereocenters. The second-order valence-electron chi connectivity index (χ2n) is 3.73. The maximum absolute atomic E-state index is 5.81. The van der Waals surface area contributed by atoms with Crippen LogP contribution in [0.2, 0.25) is 0 Å². The third-order valence-corrected chi connectivity index (χ3v) is 2.96. The number of pyridine rings is 1. The number of anilines is 1. The zero-order valence-electron chi connectivity index (χ0n) is 9.48. The van der Waals surface area contributed by atoms with E-state index in [0.29, 0.717) is 6.61 Å². The van der Waals surface area contributed by atoms with Crippen LogP contribution in [0.15, 0.2) is 41.0 Å². The van der Waals surface area contributed by atoms with E-state index < -0.39 is 0 Å². The van der Waals surface area contributed by atoms with Crippen LogP contribution in [-0.2, 0) is 6.61 Å². The minimum Gasteiger partial charge on any atom is -0.487 e. The van der Waals surface area contributed by atoms with Crippen molar-refractivity contribution >= 4 is 21.6 Å². The molecular formula is C13H13BrN2O. The van der Waals surface area contributed by atoms with Crippen molar-refractivity contribution in [1.29, 1.82) is 0 Å². The molecule has 88 valence electrons. The fourth-order valence-electron chi connectivity index (χ4n) is 1.43. The Morgan fingerprint density at radius 3 is 2.82 bits per heavy atom. The first-order valence-electron chi connectivity index (χ1n) is 5.25. The van der Waals surface area contributed by atoms with E-state index in [9.17, 15) is 0 Å². The predicted molar refractivity (Wildman–Crippen MR) is 71.9 cm³/mol. The topological polar surface area (TPSA) is 48.1 Å². The maximum Gasteiger partial charge on any atom is 0.130 e. The first kappa shape index (κ1) is 11.9. The van der Waals surface area contributed by atoms with Crippen LogP contribution in [0.3, 0.4) is 0 Å². The maximum atomic E-state index is 5.81. The minimum absolute atomic E-state index is 0.442. The van der Waals surface area contributed by atoms with Gasteiger partial charge in [-0.2, -0.15) is 0 Å². The van der Waals surface area contributed by atoms with Crippen molar-refractivity contribution < 1.29 is 4.74 Å². The number of nitrogens with zero attached hydrogens (tertiary/aromatic N) is 1. The Hall–Kier alpha value is -1.55. The first-order valence-corrected chi connectivity index (χ1v) is 6.04. The summed E-state index contributed by atoms with van der Waals surface area (Å²) in [4.78, 5) is 4.24. The summed E-state index contributed by atoms with van der Waals surface area (Å²) in [5.74, 6) is 0.801. The molecule has 0 saturated heterocycles. The van der Waals surface area contributed by atoms with E-state index in [-0.39, 0.29) is 0 Å². The summed E-state index contributed by atoms with van der Waals surface area (Å²) in [6.07, 6.45) is 1.75. The number of halogens is 1. The Balaban J connectivity index is 2.07. The van der Waals surface area contributed by atoms with E-state index >= 15 is 0 Å². The van der Waals surface area contributed by atoms with Crippen molar-refractivity contribution in [3.63, 3.8) is 0 Å². The van der Waals surface area contributed by atoms with Crippen LogP contribution >= 0.6 is 15.9 Å². The van der Waals surface area contributed by atoms with Gasteiger partial charge < -0.3 is 10.5 Å². The molecule has 2 aromatic rings. The molecule has 0 amide bonds. The van der Waals surface area contributed by atoms with Crippen molar-refractivity contribution in [2.75, 3.05) is 5.73 Å². The Labute approximate surface area is 109 Å². The van der Waals surface area contributed by atoms with E-state index in [1.807, 2.05) is 37.3 Å². The van der Waals surface area contributed by atoms with Crippen LogP contribution in [0.1, 0.15) is 11.3 Å². The summed E-state index contributed by atoms with van der Waals surface area (Å²) in [5.41, 5.74) is 8.40. The molecule has 2 rings (SSSR count). The van der Waals surface area contributed by atoms with Gasteiger partial charge in [0.15, 0.2) is 0 Å². The van der Waals surface area contributed by atoms with Crippen LogP contribution in [-0.4, -0.2) is 4.98 Å². The lowest BCUT2D eigenvalue weighted by Gasteiger charge is -2.10. The average molecular weight is 293 g/mol. The lowest BCUT2D eigenvalue weighted by molar-refractivity contribution is 0.299. The zero-order valence-corrected chi connectivity index (χ0v) is 11.1. The number of nitrogens with two attached hydrogens (primary N) is 1. The number of benzene rings is 1. The van der Waals surface area contributed by atoms with Gasteiger partial charge in [-0.15, -0.1) is 0 Å². The van der Waals surface area contributed by atoms with Gasteiger partial charge in [-0.25, -0.2) is 0 Å². The number of rotatable bonds is 3. The van der Waals surface area contributed by atoms with Crippen LogP contribution in [0.4, 0.5) is 5.69 Å². The normalized spacial score (nSPS) is 10.2. The van der Waals surface area contributed by atoms with Crippen molar-refractivity contribution in [3.8, 4) is 5.75 Å². The lowest BCUT2D eigenvalue weighted by atomic mass is 10.2. The molecule has 0 aliphatic carbocycles. The number of nitrogen functional groups attached to an aromatic ring is 1. The average Bonchev–Trinajstić information content (AvgIpc) is 2.33. The summed E-state index contributed by atoms with van der Waals surface area (Å²) in [7, 11) is 0. The molecule has 0 aliphatic rings. The molecule has 1 aromatic heterocycles. The van der Waals surface area contributed by atoms with Crippen LogP contribution < -0.4 is 10.5 Å². The van der Waals surface area contributed by atoms with Gasteiger partial charge in [0.1, 0.15) is 12.4 Å². The van der Waals surface area contributed by atoms with Gasteiger partial charge in [-0.1, -0.05) is 6.07 Å². The largest absolute Gasteiger partial charge is 0.487 e. The van der Waals surface area contributed by atoms with Crippen LogP contribution in [0.5, 0.6) is 5.75 Å². The molecule has 0 fully saturated rings. The van der Waals surface area contributed by atoms with E-state index in [2.05, 4.69) is 20.9 Å². The fourth-order valence-corrected chi connectivity index (χ4v) is 1.67. The van der Waals surface area contributed by atoms with Gasteiger partial charge in [-0.3, -0.25) is 4.98 Å². The molecule has 4 heteroatoms. The second-order valence-corrected chi connectivity index (χ2v) is 4.64. The van der Waals surface area contributed by atoms with Crippen LogP contribution in [0.25, 0.3) is 0 Å². The first-order chi connectivity index (χ1) is 8.16. The summed E-state index contributed by atoms with van der Waals surface area (Å²) in [5, 5.41) is 0. The molecule has 0 spiro atoms. The molecule has 0 aliphatic heterocycles. The van der Waals surface area contributed by atoms with Gasteiger partial charge in [-0.05, 0) is 47.1 Å². The van der Waals surface area contributed by atoms with E-state index in [0.717, 1.165) is 27.2 Å². The molecule has 2 N–H and O–H groups in total. The van der Waals surface area contributed by atoms with Gasteiger partial charge in [0, 0.05) is 21.9 Å². The molecule has 0 saturated carbocycles. The lowest BCUT2D eigenvalue weighted by Crippen LogP contribution is -2.00. The Bertz CT molecular complexity index is 511. The summed E-state index contributed by atoms with van der Waals surface area (Å²) in [6.45, 7) is 2.39. The van der Waals surface area contributed by atoms with Gasteiger partial charge >= 0.3 is 0 Å². The molecular weight excluding hydrogens is 280 g/mol.